The highest BCUT2D eigenvalue weighted by molar-refractivity contribution is 9.09. The van der Waals surface area contributed by atoms with Gasteiger partial charge in [0.2, 0.25) is 0 Å². The summed E-state index contributed by atoms with van der Waals surface area (Å²) in [6.45, 7) is 2.70. The summed E-state index contributed by atoms with van der Waals surface area (Å²) in [5.74, 6) is 0.525. The van der Waals surface area contributed by atoms with E-state index in [0.717, 1.165) is 5.33 Å². The molecule has 3 heteroatoms. The summed E-state index contributed by atoms with van der Waals surface area (Å²) in [4.78, 5) is 0. The lowest BCUT2D eigenvalue weighted by atomic mass is 10.2. The first-order valence-corrected chi connectivity index (χ1v) is 6.21. The first-order chi connectivity index (χ1) is 6.76. The third kappa shape index (κ3) is 3.99. The molecule has 0 aliphatic carbocycles. The fourth-order valence-electron chi connectivity index (χ4n) is 1.03. The zero-order chi connectivity index (χ0) is 10.4. The van der Waals surface area contributed by atoms with Crippen LogP contribution >= 0.6 is 27.5 Å². The van der Waals surface area contributed by atoms with Crippen LogP contribution in [0.4, 0.5) is 0 Å². The standard InChI is InChI=1S/C11H14BrClO/c1-9-2-4-10(5-3-9)8-14-11(6-12)7-13/h2-5,11H,6-8H2,1H3/t11-/m0/s1. The van der Waals surface area contributed by atoms with Crippen LogP contribution in [-0.2, 0) is 11.3 Å². The first kappa shape index (κ1) is 12.0. The van der Waals surface area contributed by atoms with Crippen molar-refractivity contribution in [1.82, 2.24) is 0 Å². The predicted molar refractivity (Wildman–Crippen MR) is 64.3 cm³/mol. The van der Waals surface area contributed by atoms with Crippen LogP contribution in [-0.4, -0.2) is 17.3 Å². The van der Waals surface area contributed by atoms with Crippen LogP contribution in [0.15, 0.2) is 24.3 Å². The minimum absolute atomic E-state index is 0.0953. The highest BCUT2D eigenvalue weighted by atomic mass is 79.9. The van der Waals surface area contributed by atoms with E-state index in [0.29, 0.717) is 12.5 Å². The van der Waals surface area contributed by atoms with Crippen LogP contribution in [0.2, 0.25) is 0 Å². The van der Waals surface area contributed by atoms with Gasteiger partial charge in [0.1, 0.15) is 0 Å². The van der Waals surface area contributed by atoms with E-state index in [2.05, 4.69) is 47.1 Å². The summed E-state index contributed by atoms with van der Waals surface area (Å²) in [6, 6.07) is 8.33. The van der Waals surface area contributed by atoms with Crippen LogP contribution in [0.25, 0.3) is 0 Å². The average Bonchev–Trinajstić information content (AvgIpc) is 2.22. The smallest absolute Gasteiger partial charge is 0.0811 e. The van der Waals surface area contributed by atoms with Gasteiger partial charge in [-0.2, -0.15) is 0 Å². The lowest BCUT2D eigenvalue weighted by Gasteiger charge is -2.11. The van der Waals surface area contributed by atoms with Gasteiger partial charge in [-0.3, -0.25) is 0 Å². The molecule has 78 valence electrons. The fraction of sp³-hybridized carbons (Fsp3) is 0.455. The zero-order valence-corrected chi connectivity index (χ0v) is 10.5. The summed E-state index contributed by atoms with van der Waals surface area (Å²) >= 11 is 9.06. The minimum Gasteiger partial charge on any atom is -0.371 e. The average molecular weight is 278 g/mol. The van der Waals surface area contributed by atoms with Crippen molar-refractivity contribution in [3.8, 4) is 0 Å². The van der Waals surface area contributed by atoms with Crippen LogP contribution in [0, 0.1) is 6.92 Å². The molecule has 14 heavy (non-hydrogen) atoms. The Morgan fingerprint density at radius 3 is 2.50 bits per heavy atom. The van der Waals surface area contributed by atoms with E-state index in [1.807, 2.05) is 0 Å². The molecule has 0 bridgehead atoms. The van der Waals surface area contributed by atoms with E-state index >= 15 is 0 Å². The molecule has 0 amide bonds. The lowest BCUT2D eigenvalue weighted by molar-refractivity contribution is 0.0717. The van der Waals surface area contributed by atoms with E-state index < -0.39 is 0 Å². The van der Waals surface area contributed by atoms with Crippen LogP contribution in [0.1, 0.15) is 11.1 Å². The number of benzene rings is 1. The van der Waals surface area contributed by atoms with Crippen molar-refractivity contribution >= 4 is 27.5 Å². The second kappa shape index (κ2) is 6.44. The van der Waals surface area contributed by atoms with Crippen LogP contribution < -0.4 is 0 Å². The molecule has 0 unspecified atom stereocenters. The van der Waals surface area contributed by atoms with Gasteiger partial charge in [-0.1, -0.05) is 45.8 Å². The Labute approximate surface area is 98.5 Å². The number of rotatable bonds is 5. The van der Waals surface area contributed by atoms with Gasteiger partial charge in [0.15, 0.2) is 0 Å². The van der Waals surface area contributed by atoms with Gasteiger partial charge in [-0.15, -0.1) is 11.6 Å². The van der Waals surface area contributed by atoms with Crippen molar-refractivity contribution in [2.45, 2.75) is 19.6 Å². The van der Waals surface area contributed by atoms with Gasteiger partial charge < -0.3 is 4.74 Å². The number of alkyl halides is 2. The third-order valence-corrected chi connectivity index (χ3v) is 3.02. The molecule has 1 nitrogen and oxygen atoms in total. The maximum atomic E-state index is 5.70. The van der Waals surface area contributed by atoms with Crippen molar-refractivity contribution < 1.29 is 4.74 Å². The van der Waals surface area contributed by atoms with Gasteiger partial charge in [-0.25, -0.2) is 0 Å². The largest absolute Gasteiger partial charge is 0.371 e. The summed E-state index contributed by atoms with van der Waals surface area (Å²) in [7, 11) is 0. The summed E-state index contributed by atoms with van der Waals surface area (Å²) in [5, 5.41) is 0.780. The predicted octanol–water partition coefficient (Wildman–Crippen LogP) is 3.51. The topological polar surface area (TPSA) is 9.23 Å². The fourth-order valence-corrected chi connectivity index (χ4v) is 1.91. The second-order valence-electron chi connectivity index (χ2n) is 3.23. The summed E-state index contributed by atoms with van der Waals surface area (Å²) in [5.41, 5.74) is 2.45. The van der Waals surface area contributed by atoms with Crippen molar-refractivity contribution in [1.29, 1.82) is 0 Å². The van der Waals surface area contributed by atoms with Gasteiger partial charge >= 0.3 is 0 Å². The molecule has 0 N–H and O–H groups in total. The van der Waals surface area contributed by atoms with E-state index in [1.165, 1.54) is 11.1 Å². The molecule has 0 spiro atoms. The monoisotopic (exact) mass is 276 g/mol. The maximum absolute atomic E-state index is 5.70. The number of ether oxygens (including phenoxy) is 1. The third-order valence-electron chi connectivity index (χ3n) is 1.95. The Balaban J connectivity index is 2.41. The van der Waals surface area contributed by atoms with E-state index in [1.54, 1.807) is 0 Å². The van der Waals surface area contributed by atoms with Crippen LogP contribution in [0.3, 0.4) is 0 Å². The van der Waals surface area contributed by atoms with Gasteiger partial charge in [0.05, 0.1) is 12.7 Å². The Morgan fingerprint density at radius 2 is 2.00 bits per heavy atom. The lowest BCUT2D eigenvalue weighted by Crippen LogP contribution is -2.16. The number of hydrogen-bond acceptors (Lipinski definition) is 1. The van der Waals surface area contributed by atoms with Gasteiger partial charge in [-0.05, 0) is 12.5 Å². The highest BCUT2D eigenvalue weighted by Gasteiger charge is 2.05. The zero-order valence-electron chi connectivity index (χ0n) is 8.17. The number of hydrogen-bond donors (Lipinski definition) is 0. The minimum atomic E-state index is 0.0953. The Morgan fingerprint density at radius 1 is 1.36 bits per heavy atom. The van der Waals surface area contributed by atoms with Crippen LogP contribution in [0.5, 0.6) is 0 Å². The molecule has 0 saturated carbocycles. The van der Waals surface area contributed by atoms with Crippen molar-refractivity contribution in [3.05, 3.63) is 35.4 Å². The van der Waals surface area contributed by atoms with E-state index in [4.69, 9.17) is 16.3 Å². The summed E-state index contributed by atoms with van der Waals surface area (Å²) in [6.07, 6.45) is 0.0953. The molecule has 0 saturated heterocycles. The SMILES string of the molecule is Cc1ccc(CO[C@H](CCl)CBr)cc1. The molecule has 0 heterocycles. The second-order valence-corrected chi connectivity index (χ2v) is 4.18. The first-order valence-electron chi connectivity index (χ1n) is 4.55. The highest BCUT2D eigenvalue weighted by Crippen LogP contribution is 2.08. The Kier molecular flexibility index (Phi) is 5.53. The summed E-state index contributed by atoms with van der Waals surface area (Å²) < 4.78 is 5.59. The molecule has 1 atom stereocenters. The quantitative estimate of drug-likeness (QED) is 0.748. The molecule has 0 aliphatic heterocycles. The van der Waals surface area contributed by atoms with Gasteiger partial charge in [0, 0.05) is 11.2 Å². The molecule has 0 aliphatic rings. The van der Waals surface area contributed by atoms with Crippen molar-refractivity contribution in [2.24, 2.45) is 0 Å². The van der Waals surface area contributed by atoms with E-state index in [-0.39, 0.29) is 6.10 Å². The molecule has 0 aromatic heterocycles. The molecule has 0 radical (unpaired) electrons. The van der Waals surface area contributed by atoms with Crippen molar-refractivity contribution in [2.75, 3.05) is 11.2 Å². The van der Waals surface area contributed by atoms with Crippen molar-refractivity contribution in [3.63, 3.8) is 0 Å². The molecule has 1 aromatic rings. The van der Waals surface area contributed by atoms with E-state index in [9.17, 15) is 0 Å². The number of halogens is 2. The Bertz CT molecular complexity index is 256. The Hall–Kier alpha value is -0.0500. The maximum Gasteiger partial charge on any atom is 0.0811 e. The molecule has 1 rings (SSSR count). The van der Waals surface area contributed by atoms with Gasteiger partial charge in [0.25, 0.3) is 0 Å². The number of aryl methyl sites for hydroxylation is 1. The molecule has 0 fully saturated rings. The molecular weight excluding hydrogens is 263 g/mol. The molecule has 1 aromatic carbocycles. The normalized spacial score (nSPS) is 12.8. The molecular formula is C11H14BrClO.